The van der Waals surface area contributed by atoms with Crippen LogP contribution in [0.15, 0.2) is 41.8 Å². The molecule has 0 spiro atoms. The van der Waals surface area contributed by atoms with Crippen molar-refractivity contribution in [3.8, 4) is 0 Å². The van der Waals surface area contributed by atoms with E-state index in [4.69, 9.17) is 11.6 Å². The molecule has 0 saturated carbocycles. The third-order valence-corrected chi connectivity index (χ3v) is 7.88. The highest BCUT2D eigenvalue weighted by Gasteiger charge is 2.49. The number of hydrogen-bond donors (Lipinski definition) is 0. The molecule has 138 valence electrons. The van der Waals surface area contributed by atoms with Gasteiger partial charge in [-0.3, -0.25) is 9.69 Å². The van der Waals surface area contributed by atoms with E-state index in [-0.39, 0.29) is 36.0 Å². The zero-order valence-corrected chi connectivity index (χ0v) is 16.4. The Morgan fingerprint density at radius 1 is 1.15 bits per heavy atom. The van der Waals surface area contributed by atoms with Crippen LogP contribution in [0.25, 0.3) is 0 Å². The molecule has 2 aliphatic rings. The van der Waals surface area contributed by atoms with Crippen LogP contribution in [0.4, 0.5) is 5.69 Å². The summed E-state index contributed by atoms with van der Waals surface area (Å²) >= 11 is 7.76. The Morgan fingerprint density at radius 2 is 1.96 bits per heavy atom. The molecular formula is C18H19ClN2O3S2. The molecule has 2 aliphatic heterocycles. The monoisotopic (exact) mass is 410 g/mol. The summed E-state index contributed by atoms with van der Waals surface area (Å²) in [6.45, 7) is 0.918. The standard InChI is InChI=1S/C18H19ClN2O3S2/c19-13-3-1-4-14(9-13)21-17-12-26(23,24)11-16(17)20(10-18(21)22)7-6-15-5-2-8-25-15/h1-5,8-9,16-17H,6-7,10-12H2/t16-,17-/m0/s1. The lowest BCUT2D eigenvalue weighted by atomic mass is 10.0. The number of nitrogens with zero attached hydrogens (tertiary/aromatic N) is 2. The normalized spacial score (nSPS) is 25.4. The maximum absolute atomic E-state index is 12.9. The Kier molecular flexibility index (Phi) is 4.81. The number of thiophene rings is 1. The number of carbonyl (C=O) groups excluding carboxylic acids is 1. The summed E-state index contributed by atoms with van der Waals surface area (Å²) in [5.41, 5.74) is 0.674. The number of sulfone groups is 1. The largest absolute Gasteiger partial charge is 0.306 e. The van der Waals surface area contributed by atoms with Crippen LogP contribution in [0.5, 0.6) is 0 Å². The van der Waals surface area contributed by atoms with E-state index in [1.165, 1.54) is 4.88 Å². The molecule has 1 aromatic carbocycles. The first-order valence-electron chi connectivity index (χ1n) is 8.47. The lowest BCUT2D eigenvalue weighted by Crippen LogP contribution is -2.62. The molecule has 2 atom stereocenters. The first-order chi connectivity index (χ1) is 12.4. The van der Waals surface area contributed by atoms with Crippen molar-refractivity contribution in [2.75, 3.05) is 29.5 Å². The van der Waals surface area contributed by atoms with Gasteiger partial charge in [0.1, 0.15) is 0 Å². The number of hydrogen-bond acceptors (Lipinski definition) is 5. The average molecular weight is 411 g/mol. The minimum atomic E-state index is -3.17. The van der Waals surface area contributed by atoms with E-state index in [0.717, 1.165) is 6.42 Å². The Labute approximate surface area is 162 Å². The molecule has 0 aliphatic carbocycles. The smallest absolute Gasteiger partial charge is 0.241 e. The highest BCUT2D eigenvalue weighted by molar-refractivity contribution is 7.91. The molecule has 26 heavy (non-hydrogen) atoms. The van der Waals surface area contributed by atoms with Gasteiger partial charge in [0, 0.05) is 28.2 Å². The first kappa shape index (κ1) is 18.0. The van der Waals surface area contributed by atoms with Gasteiger partial charge in [-0.1, -0.05) is 23.7 Å². The van der Waals surface area contributed by atoms with Gasteiger partial charge >= 0.3 is 0 Å². The fraction of sp³-hybridized carbons (Fsp3) is 0.389. The van der Waals surface area contributed by atoms with Gasteiger partial charge in [-0.2, -0.15) is 0 Å². The van der Waals surface area contributed by atoms with Gasteiger partial charge in [-0.25, -0.2) is 8.42 Å². The van der Waals surface area contributed by atoms with Crippen LogP contribution in [0.2, 0.25) is 5.02 Å². The molecule has 1 amide bonds. The summed E-state index contributed by atoms with van der Waals surface area (Å²) in [5, 5.41) is 2.56. The number of anilines is 1. The van der Waals surface area contributed by atoms with Gasteiger partial charge in [0.05, 0.1) is 24.1 Å². The molecule has 0 bridgehead atoms. The van der Waals surface area contributed by atoms with E-state index < -0.39 is 9.84 Å². The minimum Gasteiger partial charge on any atom is -0.306 e. The van der Waals surface area contributed by atoms with Crippen LogP contribution in [-0.4, -0.2) is 55.9 Å². The summed E-state index contributed by atoms with van der Waals surface area (Å²) in [7, 11) is -3.17. The lowest BCUT2D eigenvalue weighted by molar-refractivity contribution is -0.123. The molecule has 2 fully saturated rings. The van der Waals surface area contributed by atoms with Crippen LogP contribution in [0.1, 0.15) is 4.88 Å². The molecule has 1 aromatic heterocycles. The van der Waals surface area contributed by atoms with Crippen LogP contribution < -0.4 is 4.90 Å². The third kappa shape index (κ3) is 3.53. The second-order valence-electron chi connectivity index (χ2n) is 6.76. The number of piperazine rings is 1. The van der Waals surface area contributed by atoms with Gasteiger partial charge < -0.3 is 4.90 Å². The van der Waals surface area contributed by atoms with Crippen LogP contribution in [-0.2, 0) is 21.1 Å². The lowest BCUT2D eigenvalue weighted by Gasteiger charge is -2.43. The predicted octanol–water partition coefficient (Wildman–Crippen LogP) is 2.46. The number of carbonyl (C=O) groups is 1. The van der Waals surface area contributed by atoms with Gasteiger partial charge in [0.25, 0.3) is 0 Å². The van der Waals surface area contributed by atoms with E-state index in [2.05, 4.69) is 6.07 Å². The van der Waals surface area contributed by atoms with Crippen molar-refractivity contribution in [2.45, 2.75) is 18.5 Å². The Balaban J connectivity index is 1.61. The van der Waals surface area contributed by atoms with Crippen molar-refractivity contribution in [1.29, 1.82) is 0 Å². The van der Waals surface area contributed by atoms with Gasteiger partial charge in [0.15, 0.2) is 9.84 Å². The van der Waals surface area contributed by atoms with Gasteiger partial charge in [0.2, 0.25) is 5.91 Å². The summed E-state index contributed by atoms with van der Waals surface area (Å²) in [6.07, 6.45) is 0.825. The highest BCUT2D eigenvalue weighted by atomic mass is 35.5. The van der Waals surface area contributed by atoms with Crippen molar-refractivity contribution in [3.05, 3.63) is 51.7 Å². The highest BCUT2D eigenvalue weighted by Crippen LogP contribution is 2.32. The number of benzene rings is 1. The summed E-state index contributed by atoms with van der Waals surface area (Å²) in [6, 6.07) is 10.6. The molecule has 2 saturated heterocycles. The molecule has 4 rings (SSSR count). The molecule has 0 radical (unpaired) electrons. The fourth-order valence-electron chi connectivity index (χ4n) is 3.87. The quantitative estimate of drug-likeness (QED) is 0.776. The third-order valence-electron chi connectivity index (χ3n) is 5.01. The van der Waals surface area contributed by atoms with E-state index in [0.29, 0.717) is 17.3 Å². The molecule has 8 heteroatoms. The van der Waals surface area contributed by atoms with E-state index >= 15 is 0 Å². The number of fused-ring (bicyclic) bond motifs is 1. The average Bonchev–Trinajstić information content (AvgIpc) is 3.19. The number of amides is 1. The SMILES string of the molecule is O=C1CN(CCc2cccs2)[C@H]2CS(=O)(=O)C[C@@H]2N1c1cccc(Cl)c1. The second kappa shape index (κ2) is 6.96. The van der Waals surface area contributed by atoms with E-state index in [1.54, 1.807) is 34.4 Å². The van der Waals surface area contributed by atoms with E-state index in [9.17, 15) is 13.2 Å². The fourth-order valence-corrected chi connectivity index (χ4v) is 6.74. The van der Waals surface area contributed by atoms with Crippen LogP contribution in [0, 0.1) is 0 Å². The molecule has 2 aromatic rings. The Morgan fingerprint density at radius 3 is 2.69 bits per heavy atom. The summed E-state index contributed by atoms with van der Waals surface area (Å²) < 4.78 is 24.7. The molecule has 5 nitrogen and oxygen atoms in total. The van der Waals surface area contributed by atoms with Gasteiger partial charge in [-0.05, 0) is 36.1 Å². The molecule has 0 N–H and O–H groups in total. The maximum atomic E-state index is 12.9. The zero-order chi connectivity index (χ0) is 18.3. The number of rotatable bonds is 4. The molecular weight excluding hydrogens is 392 g/mol. The Bertz CT molecular complexity index is 914. The Hall–Kier alpha value is -1.41. The number of halogens is 1. The topological polar surface area (TPSA) is 57.7 Å². The van der Waals surface area contributed by atoms with Crippen LogP contribution in [0.3, 0.4) is 0 Å². The second-order valence-corrected chi connectivity index (χ2v) is 10.4. The molecule has 0 unspecified atom stereocenters. The van der Waals surface area contributed by atoms with Crippen molar-refractivity contribution in [3.63, 3.8) is 0 Å². The van der Waals surface area contributed by atoms with Gasteiger partial charge in [-0.15, -0.1) is 11.3 Å². The van der Waals surface area contributed by atoms with Crippen molar-refractivity contribution >= 4 is 44.4 Å². The van der Waals surface area contributed by atoms with Crippen LogP contribution >= 0.6 is 22.9 Å². The molecule has 3 heterocycles. The minimum absolute atomic E-state index is 0.00538. The first-order valence-corrected chi connectivity index (χ1v) is 11.6. The summed E-state index contributed by atoms with van der Waals surface area (Å²) in [5.74, 6) is 0.0366. The maximum Gasteiger partial charge on any atom is 0.241 e. The van der Waals surface area contributed by atoms with Crippen molar-refractivity contribution in [1.82, 2.24) is 4.90 Å². The zero-order valence-electron chi connectivity index (χ0n) is 14.0. The summed E-state index contributed by atoms with van der Waals surface area (Å²) in [4.78, 5) is 17.8. The van der Waals surface area contributed by atoms with Crippen molar-refractivity contribution in [2.24, 2.45) is 0 Å². The predicted molar refractivity (Wildman–Crippen MR) is 105 cm³/mol. The van der Waals surface area contributed by atoms with E-state index in [1.807, 2.05) is 22.4 Å². The van der Waals surface area contributed by atoms with Crippen molar-refractivity contribution < 1.29 is 13.2 Å².